The fourth-order valence-electron chi connectivity index (χ4n) is 3.53. The topological polar surface area (TPSA) is 95.7 Å². The molecule has 3 aromatic rings. The molecular formula is C24H28N4O5. The summed E-state index contributed by atoms with van der Waals surface area (Å²) in [5.74, 6) is 0.330. The van der Waals surface area contributed by atoms with E-state index >= 15 is 0 Å². The predicted molar refractivity (Wildman–Crippen MR) is 125 cm³/mol. The van der Waals surface area contributed by atoms with E-state index < -0.39 is 17.2 Å². The van der Waals surface area contributed by atoms with Gasteiger partial charge in [-0.1, -0.05) is 24.3 Å². The number of aromatic nitrogens is 3. The molecule has 0 saturated carbocycles. The lowest BCUT2D eigenvalue weighted by atomic mass is 10.1. The van der Waals surface area contributed by atoms with Crippen molar-refractivity contribution in [2.24, 2.45) is 0 Å². The number of ether oxygens (including phenoxy) is 2. The van der Waals surface area contributed by atoms with Crippen LogP contribution in [0.5, 0.6) is 11.5 Å². The summed E-state index contributed by atoms with van der Waals surface area (Å²) in [6, 6.07) is 12.3. The average Bonchev–Trinajstić information content (AvgIpc) is 2.83. The Hall–Kier alpha value is -3.88. The molecule has 1 heterocycles. The van der Waals surface area contributed by atoms with Crippen molar-refractivity contribution in [3.8, 4) is 17.2 Å². The molecule has 9 nitrogen and oxygen atoms in total. The minimum atomic E-state index is -0.725. The Morgan fingerprint density at radius 1 is 1.00 bits per heavy atom. The summed E-state index contributed by atoms with van der Waals surface area (Å²) in [6.45, 7) is 6.36. The van der Waals surface area contributed by atoms with E-state index in [-0.39, 0.29) is 12.2 Å². The monoisotopic (exact) mass is 452 g/mol. The van der Waals surface area contributed by atoms with Crippen LogP contribution in [0.1, 0.15) is 35.5 Å². The number of amides is 1. The van der Waals surface area contributed by atoms with Gasteiger partial charge in [0.25, 0.3) is 11.5 Å². The van der Waals surface area contributed by atoms with E-state index in [1.165, 1.54) is 19.1 Å². The van der Waals surface area contributed by atoms with Gasteiger partial charge in [-0.25, -0.2) is 4.79 Å². The van der Waals surface area contributed by atoms with E-state index in [0.717, 1.165) is 20.4 Å². The number of benzene rings is 2. The van der Waals surface area contributed by atoms with Crippen LogP contribution in [0.4, 0.5) is 0 Å². The average molecular weight is 453 g/mol. The Morgan fingerprint density at radius 3 is 2.27 bits per heavy atom. The van der Waals surface area contributed by atoms with Crippen molar-refractivity contribution >= 4 is 5.91 Å². The van der Waals surface area contributed by atoms with Crippen LogP contribution in [-0.4, -0.2) is 52.5 Å². The van der Waals surface area contributed by atoms with E-state index in [0.29, 0.717) is 30.3 Å². The van der Waals surface area contributed by atoms with Gasteiger partial charge in [0.05, 0.1) is 26.5 Å². The Morgan fingerprint density at radius 2 is 1.67 bits per heavy atom. The van der Waals surface area contributed by atoms with Gasteiger partial charge in [0.15, 0.2) is 11.5 Å². The third-order valence-corrected chi connectivity index (χ3v) is 5.51. The molecule has 0 aliphatic rings. The molecule has 174 valence electrons. The molecule has 0 aliphatic carbocycles. The third-order valence-electron chi connectivity index (χ3n) is 5.51. The number of nitrogens with zero attached hydrogens (tertiary/aromatic N) is 4. The second kappa shape index (κ2) is 10.2. The smallest absolute Gasteiger partial charge is 0.352 e. The minimum absolute atomic E-state index is 0.0126. The van der Waals surface area contributed by atoms with Crippen LogP contribution in [0.3, 0.4) is 0 Å². The number of aryl methyl sites for hydroxylation is 1. The van der Waals surface area contributed by atoms with Gasteiger partial charge in [-0.05, 0) is 44.0 Å². The molecule has 33 heavy (non-hydrogen) atoms. The summed E-state index contributed by atoms with van der Waals surface area (Å²) < 4.78 is 12.7. The van der Waals surface area contributed by atoms with Crippen LogP contribution in [0.15, 0.2) is 52.1 Å². The van der Waals surface area contributed by atoms with Gasteiger partial charge >= 0.3 is 5.69 Å². The van der Waals surface area contributed by atoms with Crippen LogP contribution in [0.25, 0.3) is 5.69 Å². The first-order valence-corrected chi connectivity index (χ1v) is 10.7. The molecule has 0 bridgehead atoms. The lowest BCUT2D eigenvalue weighted by Crippen LogP contribution is -2.46. The van der Waals surface area contributed by atoms with Gasteiger partial charge in [-0.15, -0.1) is 0 Å². The van der Waals surface area contributed by atoms with E-state index in [4.69, 9.17) is 9.47 Å². The molecule has 0 aliphatic heterocycles. The highest BCUT2D eigenvalue weighted by molar-refractivity contribution is 5.91. The molecule has 0 spiro atoms. The largest absolute Gasteiger partial charge is 0.493 e. The summed E-state index contributed by atoms with van der Waals surface area (Å²) in [5.41, 5.74) is 0.354. The SMILES string of the molecule is CCN(CC)C(=O)c1nn(-c2ccc(OC)c(OC)c2)c(=O)n(Cc2ccccc2C)c1=O. The fraction of sp³-hybridized carbons (Fsp3) is 0.333. The molecule has 0 atom stereocenters. The zero-order chi connectivity index (χ0) is 24.1. The maximum atomic E-state index is 13.4. The Bertz CT molecular complexity index is 1270. The minimum Gasteiger partial charge on any atom is -0.493 e. The molecule has 0 unspecified atom stereocenters. The van der Waals surface area contributed by atoms with Crippen LogP contribution in [0.2, 0.25) is 0 Å². The Labute approximate surface area is 191 Å². The molecule has 0 fully saturated rings. The van der Waals surface area contributed by atoms with E-state index in [1.807, 2.05) is 45.0 Å². The van der Waals surface area contributed by atoms with Crippen molar-refractivity contribution in [3.05, 3.63) is 80.1 Å². The normalized spacial score (nSPS) is 10.7. The summed E-state index contributed by atoms with van der Waals surface area (Å²) in [4.78, 5) is 41.3. The van der Waals surface area contributed by atoms with Gasteiger partial charge in [-0.2, -0.15) is 9.78 Å². The van der Waals surface area contributed by atoms with Crippen molar-refractivity contribution in [1.82, 2.24) is 19.2 Å². The van der Waals surface area contributed by atoms with Crippen molar-refractivity contribution in [1.29, 1.82) is 0 Å². The van der Waals surface area contributed by atoms with Crippen molar-refractivity contribution in [3.63, 3.8) is 0 Å². The van der Waals surface area contributed by atoms with Gasteiger partial charge in [0.1, 0.15) is 0 Å². The van der Waals surface area contributed by atoms with Crippen molar-refractivity contribution in [2.75, 3.05) is 27.3 Å². The van der Waals surface area contributed by atoms with Gasteiger partial charge < -0.3 is 14.4 Å². The number of methoxy groups -OCH3 is 2. The molecule has 1 aromatic heterocycles. The van der Waals surface area contributed by atoms with Crippen LogP contribution >= 0.6 is 0 Å². The van der Waals surface area contributed by atoms with Crippen molar-refractivity contribution in [2.45, 2.75) is 27.3 Å². The fourth-order valence-corrected chi connectivity index (χ4v) is 3.53. The van der Waals surface area contributed by atoms with Gasteiger partial charge in [0.2, 0.25) is 5.69 Å². The number of hydrogen-bond acceptors (Lipinski definition) is 6. The van der Waals surface area contributed by atoms with E-state index in [2.05, 4.69) is 5.10 Å². The first-order chi connectivity index (χ1) is 15.9. The van der Waals surface area contributed by atoms with Crippen LogP contribution in [0, 0.1) is 6.92 Å². The number of carbonyl (C=O) groups is 1. The maximum absolute atomic E-state index is 13.4. The molecule has 2 aromatic carbocycles. The predicted octanol–water partition coefficient (Wildman–Crippen LogP) is 2.25. The zero-order valence-corrected chi connectivity index (χ0v) is 19.5. The van der Waals surface area contributed by atoms with Crippen LogP contribution < -0.4 is 20.7 Å². The first-order valence-electron chi connectivity index (χ1n) is 10.7. The molecule has 1 amide bonds. The summed E-state index contributed by atoms with van der Waals surface area (Å²) >= 11 is 0. The van der Waals surface area contributed by atoms with Crippen molar-refractivity contribution < 1.29 is 14.3 Å². The summed E-state index contributed by atoms with van der Waals surface area (Å²) in [7, 11) is 2.98. The maximum Gasteiger partial charge on any atom is 0.352 e. The number of hydrogen-bond donors (Lipinski definition) is 0. The van der Waals surface area contributed by atoms with E-state index in [1.54, 1.807) is 18.2 Å². The standard InChI is InChI=1S/C24H28N4O5/c1-6-26(7-2)22(29)21-23(30)27(15-17-11-9-8-10-16(17)3)24(31)28(25-21)18-12-13-19(32-4)20(14-18)33-5/h8-14H,6-7,15H2,1-5H3. The summed E-state index contributed by atoms with van der Waals surface area (Å²) in [6.07, 6.45) is 0. The molecule has 0 saturated heterocycles. The quantitative estimate of drug-likeness (QED) is 0.520. The number of rotatable bonds is 8. The highest BCUT2D eigenvalue weighted by Crippen LogP contribution is 2.28. The Balaban J connectivity index is 2.28. The Kier molecular flexibility index (Phi) is 7.32. The second-order valence-electron chi connectivity index (χ2n) is 7.38. The van der Waals surface area contributed by atoms with E-state index in [9.17, 15) is 14.4 Å². The third kappa shape index (κ3) is 4.67. The lowest BCUT2D eigenvalue weighted by molar-refractivity contribution is 0.0761. The van der Waals surface area contributed by atoms with Crippen LogP contribution in [-0.2, 0) is 6.54 Å². The highest BCUT2D eigenvalue weighted by Gasteiger charge is 2.24. The second-order valence-corrected chi connectivity index (χ2v) is 7.38. The van der Waals surface area contributed by atoms with Gasteiger partial charge in [0, 0.05) is 19.2 Å². The molecule has 0 N–H and O–H groups in total. The lowest BCUT2D eigenvalue weighted by Gasteiger charge is -2.19. The molecule has 3 rings (SSSR count). The van der Waals surface area contributed by atoms with Gasteiger partial charge in [-0.3, -0.25) is 14.2 Å². The zero-order valence-electron chi connectivity index (χ0n) is 19.5. The number of carbonyl (C=O) groups excluding carboxylic acids is 1. The molecule has 0 radical (unpaired) electrons. The molecule has 9 heteroatoms. The highest BCUT2D eigenvalue weighted by atomic mass is 16.5. The molecular weight excluding hydrogens is 424 g/mol. The first kappa shape index (κ1) is 23.8. The summed E-state index contributed by atoms with van der Waals surface area (Å²) in [5, 5.41) is 4.20.